The third-order valence-corrected chi connectivity index (χ3v) is 8.16. The fourth-order valence-corrected chi connectivity index (χ4v) is 6.09. The molecule has 3 rings (SSSR count). The van der Waals surface area contributed by atoms with Crippen LogP contribution in [0.25, 0.3) is 0 Å². The van der Waals surface area contributed by atoms with Gasteiger partial charge in [-0.25, -0.2) is 25.9 Å². The van der Waals surface area contributed by atoms with Crippen molar-refractivity contribution in [3.8, 4) is 5.75 Å². The average molecular weight is 468 g/mol. The van der Waals surface area contributed by atoms with Gasteiger partial charge in [0.25, 0.3) is 0 Å². The topological polar surface area (TPSA) is 113 Å². The van der Waals surface area contributed by atoms with Crippen LogP contribution in [0, 0.1) is 0 Å². The molecule has 0 aliphatic carbocycles. The molecule has 11 heteroatoms. The highest BCUT2D eigenvalue weighted by atomic mass is 32.2. The molecule has 0 aromatic heterocycles. The molecule has 9 nitrogen and oxygen atoms in total. The van der Waals surface area contributed by atoms with Gasteiger partial charge in [-0.3, -0.25) is 4.79 Å². The summed E-state index contributed by atoms with van der Waals surface area (Å²) in [4.78, 5) is 13.7. The molecule has 1 saturated heterocycles. The molecule has 0 saturated carbocycles. The Bertz CT molecular complexity index is 1160. The number of methoxy groups -OCH3 is 1. The summed E-state index contributed by atoms with van der Waals surface area (Å²) in [6, 6.07) is 13.1. The van der Waals surface area contributed by atoms with Crippen LogP contribution in [0.2, 0.25) is 0 Å². The molecule has 1 unspecified atom stereocenters. The number of anilines is 1. The number of ether oxygens (including phenoxy) is 1. The summed E-state index contributed by atoms with van der Waals surface area (Å²) in [6.45, 7) is 0.0771. The lowest BCUT2D eigenvalue weighted by Gasteiger charge is -2.25. The lowest BCUT2D eigenvalue weighted by atomic mass is 10.1. The molecular formula is C20H25N3O6S2. The van der Waals surface area contributed by atoms with Crippen LogP contribution in [0.5, 0.6) is 5.75 Å². The second kappa shape index (κ2) is 8.95. The van der Waals surface area contributed by atoms with E-state index in [0.717, 1.165) is 11.6 Å². The number of likely N-dealkylation sites (N-methyl/N-ethyl adjacent to an activating group) is 1. The van der Waals surface area contributed by atoms with Crippen LogP contribution in [0.4, 0.5) is 5.69 Å². The van der Waals surface area contributed by atoms with Crippen LogP contribution >= 0.6 is 0 Å². The number of carbonyl (C=O) groups is 1. The summed E-state index contributed by atoms with van der Waals surface area (Å²) in [5, 5.41) is 0. The zero-order valence-electron chi connectivity index (χ0n) is 17.5. The molecule has 168 valence electrons. The predicted octanol–water partition coefficient (Wildman–Crippen LogP) is 1.34. The maximum atomic E-state index is 13.1. The van der Waals surface area contributed by atoms with E-state index in [4.69, 9.17) is 4.74 Å². The summed E-state index contributed by atoms with van der Waals surface area (Å²) in [6.07, 6.45) is -0.143. The normalized spacial score (nSPS) is 17.2. The van der Waals surface area contributed by atoms with Crippen LogP contribution < -0.4 is 13.8 Å². The Balaban J connectivity index is 1.94. The summed E-state index contributed by atoms with van der Waals surface area (Å²) in [5.41, 5.74) is 0.903. The number of rotatable bonds is 8. The van der Waals surface area contributed by atoms with Gasteiger partial charge in [0, 0.05) is 19.0 Å². The molecule has 1 aliphatic rings. The van der Waals surface area contributed by atoms with Crippen molar-refractivity contribution in [3.63, 3.8) is 0 Å². The van der Waals surface area contributed by atoms with Crippen molar-refractivity contribution in [2.24, 2.45) is 0 Å². The van der Waals surface area contributed by atoms with Crippen molar-refractivity contribution in [1.29, 1.82) is 0 Å². The minimum atomic E-state index is -4.08. The van der Waals surface area contributed by atoms with E-state index in [1.807, 2.05) is 49.3 Å². The van der Waals surface area contributed by atoms with E-state index < -0.39 is 26.0 Å². The Morgan fingerprint density at radius 1 is 1.16 bits per heavy atom. The molecule has 31 heavy (non-hydrogen) atoms. The lowest BCUT2D eigenvalue weighted by Crippen LogP contribution is -2.35. The first-order valence-corrected chi connectivity index (χ1v) is 12.6. The highest BCUT2D eigenvalue weighted by Crippen LogP contribution is 2.32. The maximum absolute atomic E-state index is 13.1. The van der Waals surface area contributed by atoms with E-state index in [2.05, 4.69) is 4.72 Å². The molecular weight excluding hydrogens is 442 g/mol. The molecule has 2 aromatic carbocycles. The number of hydrogen-bond acceptors (Lipinski definition) is 7. The van der Waals surface area contributed by atoms with E-state index in [1.54, 1.807) is 0 Å². The Hall–Kier alpha value is -2.47. The van der Waals surface area contributed by atoms with E-state index in [0.29, 0.717) is 4.31 Å². The summed E-state index contributed by atoms with van der Waals surface area (Å²) >= 11 is 0. The van der Waals surface area contributed by atoms with Gasteiger partial charge in [-0.2, -0.15) is 0 Å². The smallest absolute Gasteiger partial charge is 0.244 e. The zero-order valence-corrected chi connectivity index (χ0v) is 19.1. The van der Waals surface area contributed by atoms with Crippen molar-refractivity contribution in [1.82, 2.24) is 9.62 Å². The van der Waals surface area contributed by atoms with Gasteiger partial charge in [-0.15, -0.1) is 0 Å². The van der Waals surface area contributed by atoms with E-state index in [1.165, 1.54) is 19.2 Å². The minimum Gasteiger partial charge on any atom is -0.495 e. The third-order valence-electron chi connectivity index (χ3n) is 5.02. The highest BCUT2D eigenvalue weighted by Gasteiger charge is 2.37. The highest BCUT2D eigenvalue weighted by molar-refractivity contribution is 7.94. The molecule has 1 aliphatic heterocycles. The van der Waals surface area contributed by atoms with Gasteiger partial charge >= 0.3 is 0 Å². The Morgan fingerprint density at radius 3 is 2.39 bits per heavy atom. The molecule has 1 N–H and O–H groups in total. The second-order valence-corrected chi connectivity index (χ2v) is 11.0. The molecule has 0 bridgehead atoms. The third kappa shape index (κ3) is 4.90. The first-order valence-electron chi connectivity index (χ1n) is 9.52. The average Bonchev–Trinajstić information content (AvgIpc) is 3.00. The largest absolute Gasteiger partial charge is 0.495 e. The monoisotopic (exact) mass is 467 g/mol. The van der Waals surface area contributed by atoms with Crippen molar-refractivity contribution < 1.29 is 26.4 Å². The Morgan fingerprint density at radius 2 is 1.84 bits per heavy atom. The van der Waals surface area contributed by atoms with Crippen molar-refractivity contribution in [2.45, 2.75) is 17.4 Å². The second-order valence-electron chi connectivity index (χ2n) is 7.30. The molecule has 1 heterocycles. The number of sulfonamides is 2. The van der Waals surface area contributed by atoms with Crippen LogP contribution in [0.15, 0.2) is 53.4 Å². The fraction of sp³-hybridized carbons (Fsp3) is 0.350. The molecule has 1 atom stereocenters. The van der Waals surface area contributed by atoms with Crippen molar-refractivity contribution in [2.75, 3.05) is 37.8 Å². The molecule has 1 amide bonds. The quantitative estimate of drug-likeness (QED) is 0.623. The van der Waals surface area contributed by atoms with Crippen molar-refractivity contribution in [3.05, 3.63) is 54.1 Å². The summed E-state index contributed by atoms with van der Waals surface area (Å²) < 4.78 is 59.1. The summed E-state index contributed by atoms with van der Waals surface area (Å²) in [7, 11) is -2.90. The van der Waals surface area contributed by atoms with Gasteiger partial charge in [-0.1, -0.05) is 30.3 Å². The molecule has 0 radical (unpaired) electrons. The van der Waals surface area contributed by atoms with Gasteiger partial charge in [-0.05, 0) is 37.9 Å². The molecule has 1 fully saturated rings. The Kier molecular flexibility index (Phi) is 6.70. The standard InChI is InChI=1S/C20H25N3O6S2/c1-22(2)17(15-7-5-4-6-8-15)14-21-31(27,28)19-13-16(9-10-18(19)29-3)23-20(24)11-12-30(23,25)26/h4-10,13,17,21H,11-12,14H2,1-3H3. The number of benzene rings is 2. The number of carbonyl (C=O) groups excluding carboxylic acids is 1. The van der Waals surface area contributed by atoms with Gasteiger partial charge in [0.1, 0.15) is 10.6 Å². The van der Waals surface area contributed by atoms with Crippen LogP contribution in [0.1, 0.15) is 18.0 Å². The zero-order chi connectivity index (χ0) is 22.8. The molecule has 2 aromatic rings. The lowest BCUT2D eigenvalue weighted by molar-refractivity contribution is -0.116. The predicted molar refractivity (Wildman–Crippen MR) is 117 cm³/mol. The number of nitrogens with one attached hydrogen (secondary N) is 1. The SMILES string of the molecule is COc1ccc(N2C(=O)CCS2(=O)=O)cc1S(=O)(=O)NCC(c1ccccc1)N(C)C. The number of hydrogen-bond donors (Lipinski definition) is 1. The molecule has 0 spiro atoms. The first-order chi connectivity index (χ1) is 14.6. The number of nitrogens with zero attached hydrogens (tertiary/aromatic N) is 2. The maximum Gasteiger partial charge on any atom is 0.244 e. The van der Waals surface area contributed by atoms with Gasteiger partial charge in [0.2, 0.25) is 26.0 Å². The minimum absolute atomic E-state index is 0.0316. The van der Waals surface area contributed by atoms with Crippen LogP contribution in [-0.2, 0) is 24.8 Å². The Labute approximate surface area is 182 Å². The van der Waals surface area contributed by atoms with Gasteiger partial charge in [0.15, 0.2) is 0 Å². The van der Waals surface area contributed by atoms with Gasteiger partial charge in [0.05, 0.1) is 18.6 Å². The van der Waals surface area contributed by atoms with E-state index in [9.17, 15) is 21.6 Å². The first kappa shape index (κ1) is 23.2. The van der Waals surface area contributed by atoms with Crippen LogP contribution in [-0.4, -0.2) is 61.1 Å². The van der Waals surface area contributed by atoms with Gasteiger partial charge < -0.3 is 9.64 Å². The van der Waals surface area contributed by atoms with Crippen LogP contribution in [0.3, 0.4) is 0 Å². The van der Waals surface area contributed by atoms with Crippen molar-refractivity contribution >= 4 is 31.6 Å². The summed E-state index contributed by atoms with van der Waals surface area (Å²) in [5.74, 6) is -0.862. The fourth-order valence-electron chi connectivity index (χ4n) is 3.41. The van der Waals surface area contributed by atoms with E-state index >= 15 is 0 Å². The van der Waals surface area contributed by atoms with E-state index in [-0.39, 0.29) is 41.1 Å². The number of amides is 1.